The number of hydrogen-bond donors (Lipinski definition) is 2. The minimum Gasteiger partial charge on any atom is -0.480 e. The van der Waals surface area contributed by atoms with Crippen LogP contribution in [0.4, 0.5) is 5.69 Å². The maximum atomic E-state index is 12.6. The van der Waals surface area contributed by atoms with Crippen LogP contribution in [0.15, 0.2) is 48.5 Å². The number of hydrogen-bond acceptors (Lipinski definition) is 3. The summed E-state index contributed by atoms with van der Waals surface area (Å²) in [6.07, 6.45) is 3.24. The number of nitrogens with one attached hydrogen (secondary N) is 1. The molecule has 0 unspecified atom stereocenters. The van der Waals surface area contributed by atoms with Crippen molar-refractivity contribution in [3.05, 3.63) is 65.2 Å². The van der Waals surface area contributed by atoms with Crippen molar-refractivity contribution in [1.29, 1.82) is 0 Å². The van der Waals surface area contributed by atoms with E-state index in [1.54, 1.807) is 0 Å². The molecule has 3 rings (SSSR count). The van der Waals surface area contributed by atoms with Crippen molar-refractivity contribution in [2.45, 2.75) is 38.6 Å². The van der Waals surface area contributed by atoms with Crippen molar-refractivity contribution in [3.8, 4) is 0 Å². The van der Waals surface area contributed by atoms with Gasteiger partial charge < -0.3 is 15.3 Å². The fourth-order valence-corrected chi connectivity index (χ4v) is 3.54. The largest absolute Gasteiger partial charge is 0.480 e. The molecule has 2 aromatic carbocycles. The summed E-state index contributed by atoms with van der Waals surface area (Å²) in [5.74, 6) is -1.27. The van der Waals surface area contributed by atoms with Gasteiger partial charge in [0.05, 0.1) is 6.54 Å². The molecule has 0 spiro atoms. The van der Waals surface area contributed by atoms with Gasteiger partial charge in [-0.15, -0.1) is 0 Å². The molecule has 2 N–H and O–H groups in total. The first kappa shape index (κ1) is 19.0. The highest BCUT2D eigenvalue weighted by Gasteiger charge is 2.24. The first-order valence-corrected chi connectivity index (χ1v) is 9.49. The summed E-state index contributed by atoms with van der Waals surface area (Å²) in [5, 5.41) is 12.2. The molecule has 0 saturated heterocycles. The lowest BCUT2D eigenvalue weighted by atomic mass is 9.98. The fraction of sp³-hybridized carbons (Fsp3) is 0.364. The molecule has 142 valence electrons. The number of carbonyl (C=O) groups excluding carboxylic acids is 1. The monoisotopic (exact) mass is 366 g/mol. The van der Waals surface area contributed by atoms with Gasteiger partial charge in [-0.05, 0) is 42.0 Å². The van der Waals surface area contributed by atoms with Gasteiger partial charge in [-0.2, -0.15) is 0 Å². The number of nitrogens with zero attached hydrogens (tertiary/aromatic N) is 1. The minimum absolute atomic E-state index is 0.179. The number of amides is 1. The molecule has 5 nitrogen and oxygen atoms in total. The van der Waals surface area contributed by atoms with E-state index in [0.29, 0.717) is 0 Å². The average Bonchev–Trinajstić information content (AvgIpc) is 2.68. The quantitative estimate of drug-likeness (QED) is 0.791. The molecular formula is C22H26N2O3. The number of rotatable bonds is 7. The predicted octanol–water partition coefficient (Wildman–Crippen LogP) is 2.81. The van der Waals surface area contributed by atoms with E-state index in [2.05, 4.69) is 35.3 Å². The Morgan fingerprint density at radius 2 is 1.93 bits per heavy atom. The number of fused-ring (bicyclic) bond motifs is 1. The van der Waals surface area contributed by atoms with Crippen LogP contribution in [0.3, 0.4) is 0 Å². The topological polar surface area (TPSA) is 69.6 Å². The summed E-state index contributed by atoms with van der Waals surface area (Å²) in [7, 11) is 0. The maximum Gasteiger partial charge on any atom is 0.326 e. The van der Waals surface area contributed by atoms with Crippen molar-refractivity contribution in [2.24, 2.45) is 0 Å². The second-order valence-electron chi connectivity index (χ2n) is 6.99. The molecule has 1 amide bonds. The highest BCUT2D eigenvalue weighted by atomic mass is 16.4. The number of carbonyl (C=O) groups is 2. The van der Waals surface area contributed by atoms with Crippen LogP contribution in [0.2, 0.25) is 0 Å². The molecule has 0 radical (unpaired) electrons. The summed E-state index contributed by atoms with van der Waals surface area (Å²) < 4.78 is 0. The summed E-state index contributed by atoms with van der Waals surface area (Å²) >= 11 is 0. The van der Waals surface area contributed by atoms with Crippen LogP contribution in [0, 0.1) is 0 Å². The Morgan fingerprint density at radius 3 is 2.63 bits per heavy atom. The molecule has 27 heavy (non-hydrogen) atoms. The zero-order valence-electron chi connectivity index (χ0n) is 15.6. The standard InChI is InChI=1S/C22H26N2O3/c1-2-16-10-11-18-9-6-12-24(20(18)14-16)15-21(25)23-19(22(26)27)13-17-7-4-3-5-8-17/h3-5,7-8,10-11,14,19H,2,6,9,12-13,15H2,1H3,(H,23,25)(H,26,27)/t19-/m1/s1. The second kappa shape index (κ2) is 8.71. The molecule has 1 aliphatic heterocycles. The van der Waals surface area contributed by atoms with E-state index in [1.165, 1.54) is 11.1 Å². The Labute approximate surface area is 160 Å². The van der Waals surface area contributed by atoms with Crippen molar-refractivity contribution < 1.29 is 14.7 Å². The predicted molar refractivity (Wildman–Crippen MR) is 106 cm³/mol. The molecular weight excluding hydrogens is 340 g/mol. The first-order valence-electron chi connectivity index (χ1n) is 9.49. The van der Waals surface area contributed by atoms with Crippen LogP contribution in [-0.4, -0.2) is 36.1 Å². The fourth-order valence-electron chi connectivity index (χ4n) is 3.54. The van der Waals surface area contributed by atoms with Crippen molar-refractivity contribution in [1.82, 2.24) is 5.32 Å². The van der Waals surface area contributed by atoms with Gasteiger partial charge in [0.2, 0.25) is 5.91 Å². The van der Waals surface area contributed by atoms with Crippen LogP contribution in [0.1, 0.15) is 30.0 Å². The normalized spacial score (nSPS) is 14.3. The van der Waals surface area contributed by atoms with Crippen molar-refractivity contribution in [3.63, 3.8) is 0 Å². The lowest BCUT2D eigenvalue weighted by Gasteiger charge is -2.31. The number of aryl methyl sites for hydroxylation is 2. The van der Waals surface area contributed by atoms with Crippen LogP contribution in [-0.2, 0) is 28.9 Å². The van der Waals surface area contributed by atoms with E-state index in [0.717, 1.165) is 37.1 Å². The van der Waals surface area contributed by atoms with Gasteiger partial charge in [-0.3, -0.25) is 4.79 Å². The summed E-state index contributed by atoms with van der Waals surface area (Å²) in [6, 6.07) is 14.9. The molecule has 0 aromatic heterocycles. The number of carboxylic acids is 1. The number of aliphatic carboxylic acids is 1. The zero-order valence-corrected chi connectivity index (χ0v) is 15.6. The molecule has 0 bridgehead atoms. The van der Waals surface area contributed by atoms with Gasteiger partial charge in [0.25, 0.3) is 0 Å². The van der Waals surface area contributed by atoms with E-state index in [1.807, 2.05) is 30.3 Å². The zero-order chi connectivity index (χ0) is 19.2. The Bertz CT molecular complexity index is 804. The number of carboxylic acid groups (broad SMARTS) is 1. The van der Waals surface area contributed by atoms with Crippen LogP contribution in [0.5, 0.6) is 0 Å². The molecule has 0 fully saturated rings. The smallest absolute Gasteiger partial charge is 0.326 e. The Kier molecular flexibility index (Phi) is 6.12. The highest BCUT2D eigenvalue weighted by molar-refractivity contribution is 5.87. The van der Waals surface area contributed by atoms with Gasteiger partial charge in [0.1, 0.15) is 6.04 Å². The van der Waals surface area contributed by atoms with Crippen molar-refractivity contribution in [2.75, 3.05) is 18.0 Å². The third-order valence-corrected chi connectivity index (χ3v) is 5.02. The maximum absolute atomic E-state index is 12.6. The molecule has 5 heteroatoms. The van der Waals surface area contributed by atoms with E-state index < -0.39 is 12.0 Å². The lowest BCUT2D eigenvalue weighted by Crippen LogP contribution is -2.47. The van der Waals surface area contributed by atoms with Gasteiger partial charge in [-0.1, -0.05) is 49.4 Å². The summed E-state index contributed by atoms with van der Waals surface area (Å²) in [5.41, 5.74) is 4.49. The van der Waals surface area contributed by atoms with E-state index in [4.69, 9.17) is 0 Å². The lowest BCUT2D eigenvalue weighted by molar-refractivity contribution is -0.141. The van der Waals surface area contributed by atoms with Gasteiger partial charge in [0, 0.05) is 18.7 Å². The summed E-state index contributed by atoms with van der Waals surface area (Å²) in [4.78, 5) is 26.2. The second-order valence-corrected chi connectivity index (χ2v) is 6.99. The highest BCUT2D eigenvalue weighted by Crippen LogP contribution is 2.28. The van der Waals surface area contributed by atoms with Crippen molar-refractivity contribution >= 4 is 17.6 Å². The summed E-state index contributed by atoms with van der Waals surface area (Å²) in [6.45, 7) is 3.10. The Balaban J connectivity index is 1.67. The molecule has 1 heterocycles. The minimum atomic E-state index is -1.01. The third kappa shape index (κ3) is 4.88. The Hall–Kier alpha value is -2.82. The van der Waals surface area contributed by atoms with Crippen LogP contribution >= 0.6 is 0 Å². The van der Waals surface area contributed by atoms with E-state index in [-0.39, 0.29) is 18.9 Å². The average molecular weight is 366 g/mol. The number of benzene rings is 2. The third-order valence-electron chi connectivity index (χ3n) is 5.02. The Morgan fingerprint density at radius 1 is 1.15 bits per heavy atom. The molecule has 0 saturated carbocycles. The van der Waals surface area contributed by atoms with Gasteiger partial charge in [-0.25, -0.2) is 4.79 Å². The van der Waals surface area contributed by atoms with E-state index in [9.17, 15) is 14.7 Å². The molecule has 1 atom stereocenters. The number of anilines is 1. The van der Waals surface area contributed by atoms with Gasteiger partial charge >= 0.3 is 5.97 Å². The van der Waals surface area contributed by atoms with E-state index >= 15 is 0 Å². The first-order chi connectivity index (χ1) is 13.1. The van der Waals surface area contributed by atoms with Crippen LogP contribution < -0.4 is 10.2 Å². The van der Waals surface area contributed by atoms with Crippen LogP contribution in [0.25, 0.3) is 0 Å². The molecule has 2 aromatic rings. The van der Waals surface area contributed by atoms with Gasteiger partial charge in [0.15, 0.2) is 0 Å². The SMILES string of the molecule is CCc1ccc2c(c1)N(CC(=O)N[C@H](Cc1ccccc1)C(=O)O)CCC2. The molecule has 0 aliphatic carbocycles. The molecule has 1 aliphatic rings.